The molecule has 0 spiro atoms. The lowest BCUT2D eigenvalue weighted by Gasteiger charge is -2.12. The number of carbonyl (C=O) groups is 1. The molecule has 0 aliphatic heterocycles. The van der Waals surface area contributed by atoms with Gasteiger partial charge in [0.2, 0.25) is 0 Å². The van der Waals surface area contributed by atoms with E-state index in [0.29, 0.717) is 0 Å². The Morgan fingerprint density at radius 1 is 1.18 bits per heavy atom. The Kier molecular flexibility index (Phi) is 5.53. The second kappa shape index (κ2) is 6.94. The van der Waals surface area contributed by atoms with E-state index in [1.807, 2.05) is 32.0 Å². The molecule has 1 rings (SSSR count). The van der Waals surface area contributed by atoms with Crippen molar-refractivity contribution >= 4 is 11.6 Å². The van der Waals surface area contributed by atoms with Crippen LogP contribution in [0.5, 0.6) is 0 Å². The van der Waals surface area contributed by atoms with E-state index in [0.717, 1.165) is 42.7 Å². The number of benzene rings is 1. The van der Waals surface area contributed by atoms with Crippen molar-refractivity contribution in [2.75, 3.05) is 18.4 Å². The molecule has 0 fully saturated rings. The molecule has 0 atom stereocenters. The average molecular weight is 234 g/mol. The van der Waals surface area contributed by atoms with Gasteiger partial charge in [0, 0.05) is 18.8 Å². The van der Waals surface area contributed by atoms with Crippen molar-refractivity contribution in [3.63, 3.8) is 0 Å². The molecule has 0 heterocycles. The Morgan fingerprint density at radius 2 is 1.88 bits per heavy atom. The van der Waals surface area contributed by atoms with Gasteiger partial charge in [0.05, 0.1) is 5.56 Å². The summed E-state index contributed by atoms with van der Waals surface area (Å²) >= 11 is 0. The molecule has 3 heteroatoms. The zero-order valence-corrected chi connectivity index (χ0v) is 11.0. The smallest absolute Gasteiger partial charge is 0.253 e. The first-order valence-corrected chi connectivity index (χ1v) is 6.31. The highest BCUT2D eigenvalue weighted by atomic mass is 16.1. The molecule has 1 amide bonds. The lowest BCUT2D eigenvalue weighted by Crippen LogP contribution is -2.25. The largest absolute Gasteiger partial charge is 0.384 e. The van der Waals surface area contributed by atoms with Gasteiger partial charge < -0.3 is 10.6 Å². The van der Waals surface area contributed by atoms with Crippen molar-refractivity contribution in [1.29, 1.82) is 0 Å². The van der Waals surface area contributed by atoms with Crippen molar-refractivity contribution in [2.24, 2.45) is 0 Å². The summed E-state index contributed by atoms with van der Waals surface area (Å²) in [5.74, 6) is 0.00505. The van der Waals surface area contributed by atoms with Crippen LogP contribution in [0.2, 0.25) is 0 Å². The van der Waals surface area contributed by atoms with Crippen LogP contribution in [0, 0.1) is 6.92 Å². The summed E-state index contributed by atoms with van der Waals surface area (Å²) in [7, 11) is 0. The van der Waals surface area contributed by atoms with Gasteiger partial charge in [0.15, 0.2) is 0 Å². The third kappa shape index (κ3) is 4.10. The molecule has 0 radical (unpaired) electrons. The van der Waals surface area contributed by atoms with E-state index in [4.69, 9.17) is 0 Å². The average Bonchev–Trinajstić information content (AvgIpc) is 2.33. The normalized spacial score (nSPS) is 10.1. The Labute approximate surface area is 104 Å². The minimum atomic E-state index is 0.00505. The third-order valence-electron chi connectivity index (χ3n) is 2.52. The zero-order chi connectivity index (χ0) is 12.7. The van der Waals surface area contributed by atoms with Crippen LogP contribution < -0.4 is 10.6 Å². The van der Waals surface area contributed by atoms with Gasteiger partial charge in [-0.3, -0.25) is 4.79 Å². The van der Waals surface area contributed by atoms with Crippen LogP contribution in [0.4, 0.5) is 5.69 Å². The second-order valence-corrected chi connectivity index (χ2v) is 4.23. The fourth-order valence-electron chi connectivity index (χ4n) is 1.60. The number of amides is 1. The highest BCUT2D eigenvalue weighted by Crippen LogP contribution is 2.17. The first-order valence-electron chi connectivity index (χ1n) is 6.31. The van der Waals surface area contributed by atoms with E-state index >= 15 is 0 Å². The molecule has 17 heavy (non-hydrogen) atoms. The van der Waals surface area contributed by atoms with Crippen molar-refractivity contribution in [2.45, 2.75) is 33.6 Å². The molecule has 0 aromatic heterocycles. The summed E-state index contributed by atoms with van der Waals surface area (Å²) in [4.78, 5) is 11.9. The first-order chi connectivity index (χ1) is 8.19. The maximum atomic E-state index is 11.9. The van der Waals surface area contributed by atoms with Gasteiger partial charge >= 0.3 is 0 Å². The molecule has 0 saturated heterocycles. The maximum Gasteiger partial charge on any atom is 0.253 e. The van der Waals surface area contributed by atoms with Crippen LogP contribution in [0.15, 0.2) is 18.2 Å². The quantitative estimate of drug-likeness (QED) is 0.794. The molecule has 2 N–H and O–H groups in total. The van der Waals surface area contributed by atoms with Crippen LogP contribution in [0.25, 0.3) is 0 Å². The molecule has 0 bridgehead atoms. The van der Waals surface area contributed by atoms with Crippen LogP contribution in [-0.2, 0) is 0 Å². The Morgan fingerprint density at radius 3 is 2.53 bits per heavy atom. The lowest BCUT2D eigenvalue weighted by atomic mass is 10.1. The van der Waals surface area contributed by atoms with Crippen LogP contribution in [0.3, 0.4) is 0 Å². The molecule has 0 saturated carbocycles. The molecule has 1 aromatic carbocycles. The van der Waals surface area contributed by atoms with E-state index < -0.39 is 0 Å². The predicted molar refractivity (Wildman–Crippen MR) is 72.6 cm³/mol. The minimum Gasteiger partial charge on any atom is -0.384 e. The van der Waals surface area contributed by atoms with Crippen molar-refractivity contribution in [1.82, 2.24) is 5.32 Å². The highest BCUT2D eigenvalue weighted by Gasteiger charge is 2.10. The summed E-state index contributed by atoms with van der Waals surface area (Å²) in [6.07, 6.45) is 2.00. The van der Waals surface area contributed by atoms with E-state index in [2.05, 4.69) is 17.6 Å². The fourth-order valence-corrected chi connectivity index (χ4v) is 1.60. The van der Waals surface area contributed by atoms with Gasteiger partial charge in [0.1, 0.15) is 0 Å². The number of anilines is 1. The highest BCUT2D eigenvalue weighted by molar-refractivity contribution is 5.99. The van der Waals surface area contributed by atoms with Gasteiger partial charge in [-0.25, -0.2) is 0 Å². The SMILES string of the molecule is CCCNC(=O)c1ccc(C)cc1NCCC. The third-order valence-corrected chi connectivity index (χ3v) is 2.52. The molecule has 0 aliphatic rings. The standard InChI is InChI=1S/C14H22N2O/c1-4-8-15-13-10-11(3)6-7-12(13)14(17)16-9-5-2/h6-7,10,15H,4-5,8-9H2,1-3H3,(H,16,17). The molecule has 94 valence electrons. The Bertz CT molecular complexity index is 374. The van der Waals surface area contributed by atoms with Gasteiger partial charge in [-0.05, 0) is 37.5 Å². The molecular weight excluding hydrogens is 212 g/mol. The minimum absolute atomic E-state index is 0.00505. The van der Waals surface area contributed by atoms with Crippen molar-refractivity contribution in [3.05, 3.63) is 29.3 Å². The summed E-state index contributed by atoms with van der Waals surface area (Å²) in [5.41, 5.74) is 2.83. The number of hydrogen-bond donors (Lipinski definition) is 2. The molecule has 0 aliphatic carbocycles. The van der Waals surface area contributed by atoms with Crippen LogP contribution >= 0.6 is 0 Å². The summed E-state index contributed by atoms with van der Waals surface area (Å²) < 4.78 is 0. The number of aryl methyl sites for hydroxylation is 1. The second-order valence-electron chi connectivity index (χ2n) is 4.23. The van der Waals surface area contributed by atoms with E-state index in [1.54, 1.807) is 0 Å². The van der Waals surface area contributed by atoms with Crippen molar-refractivity contribution < 1.29 is 4.79 Å². The van der Waals surface area contributed by atoms with E-state index in [1.165, 1.54) is 0 Å². The lowest BCUT2D eigenvalue weighted by molar-refractivity contribution is 0.0954. The van der Waals surface area contributed by atoms with E-state index in [-0.39, 0.29) is 5.91 Å². The summed E-state index contributed by atoms with van der Waals surface area (Å²) in [6.45, 7) is 7.80. The van der Waals surface area contributed by atoms with E-state index in [9.17, 15) is 4.79 Å². The summed E-state index contributed by atoms with van der Waals surface area (Å²) in [6, 6.07) is 5.88. The van der Waals surface area contributed by atoms with Crippen molar-refractivity contribution in [3.8, 4) is 0 Å². The van der Waals surface area contributed by atoms with Crippen LogP contribution in [0.1, 0.15) is 42.6 Å². The molecule has 1 aromatic rings. The van der Waals surface area contributed by atoms with Gasteiger partial charge in [-0.2, -0.15) is 0 Å². The fraction of sp³-hybridized carbons (Fsp3) is 0.500. The molecule has 3 nitrogen and oxygen atoms in total. The number of nitrogens with one attached hydrogen (secondary N) is 2. The first kappa shape index (κ1) is 13.6. The Hall–Kier alpha value is -1.51. The Balaban J connectivity index is 2.84. The van der Waals surface area contributed by atoms with Gasteiger partial charge in [-0.1, -0.05) is 19.9 Å². The zero-order valence-electron chi connectivity index (χ0n) is 11.0. The van der Waals surface area contributed by atoms with Gasteiger partial charge in [0.25, 0.3) is 5.91 Å². The monoisotopic (exact) mass is 234 g/mol. The number of rotatable bonds is 6. The molecule has 0 unspecified atom stereocenters. The van der Waals surface area contributed by atoms with Gasteiger partial charge in [-0.15, -0.1) is 0 Å². The predicted octanol–water partition coefficient (Wildman–Crippen LogP) is 2.96. The maximum absolute atomic E-state index is 11.9. The van der Waals surface area contributed by atoms with Crippen LogP contribution in [-0.4, -0.2) is 19.0 Å². The summed E-state index contributed by atoms with van der Waals surface area (Å²) in [5, 5.41) is 6.21. The topological polar surface area (TPSA) is 41.1 Å². The molecular formula is C14H22N2O. The number of carbonyl (C=O) groups excluding carboxylic acids is 1. The number of hydrogen-bond acceptors (Lipinski definition) is 2.